The normalized spacial score (nSPS) is 10.6. The van der Waals surface area contributed by atoms with Crippen LogP contribution in [0.15, 0.2) is 9.59 Å². The van der Waals surface area contributed by atoms with Crippen molar-refractivity contribution in [1.29, 1.82) is 0 Å². The molecule has 0 atom stereocenters. The molecule has 0 saturated heterocycles. The Morgan fingerprint density at radius 3 is 1.83 bits per heavy atom. The van der Waals surface area contributed by atoms with Gasteiger partial charge < -0.3 is 5.11 Å². The first-order valence-electron chi connectivity index (χ1n) is 6.19. The Labute approximate surface area is 131 Å². The zero-order valence-corrected chi connectivity index (χ0v) is 12.6. The zero-order valence-electron chi connectivity index (χ0n) is 12.6. The minimum absolute atomic E-state index is 0.160. The van der Waals surface area contributed by atoms with Crippen molar-refractivity contribution in [3.63, 3.8) is 0 Å². The maximum atomic E-state index is 11.7. The molecule has 3 aromatic rings. The summed E-state index contributed by atoms with van der Waals surface area (Å²) in [5.74, 6) is -0.665. The number of hydrogen-bond acceptors (Lipinski definition) is 8. The minimum atomic E-state index is -4.44. The van der Waals surface area contributed by atoms with Crippen molar-refractivity contribution in [3.05, 3.63) is 43.5 Å². The van der Waals surface area contributed by atoms with E-state index in [0.29, 0.717) is 5.82 Å². The molecule has 0 unspecified atom stereocenters. The van der Waals surface area contributed by atoms with Crippen molar-refractivity contribution in [2.45, 2.75) is 26.9 Å². The van der Waals surface area contributed by atoms with E-state index in [4.69, 9.17) is 5.11 Å². The molecule has 0 saturated carbocycles. The second kappa shape index (κ2) is 7.43. The van der Waals surface area contributed by atoms with E-state index < -0.39 is 22.9 Å². The largest absolute Gasteiger partial charge is 0.504 e. The number of hydrogen-bond donors (Lipinski definition) is 3. The van der Waals surface area contributed by atoms with E-state index in [1.165, 1.54) is 13.8 Å². The van der Waals surface area contributed by atoms with Gasteiger partial charge in [-0.2, -0.15) is 18.4 Å². The molecule has 2 aromatic heterocycles. The van der Waals surface area contributed by atoms with E-state index in [1.54, 1.807) is 6.92 Å². The summed E-state index contributed by atoms with van der Waals surface area (Å²) >= 11 is 0. The average Bonchev–Trinajstić information content (AvgIpc) is 3.17. The molecule has 0 amide bonds. The van der Waals surface area contributed by atoms with Gasteiger partial charge in [-0.25, -0.2) is 4.98 Å². The molecule has 0 aliphatic carbocycles. The highest BCUT2D eigenvalue weighted by atomic mass is 19.4. The quantitative estimate of drug-likeness (QED) is 0.478. The number of aryl methyl sites for hydroxylation is 2. The summed E-state index contributed by atoms with van der Waals surface area (Å²) in [5, 5.41) is 26.2. The highest BCUT2D eigenvalue weighted by Gasteiger charge is 2.35. The first-order valence-corrected chi connectivity index (χ1v) is 6.19. The second-order valence-corrected chi connectivity index (χ2v) is 4.33. The maximum Gasteiger partial charge on any atom is 0.453 e. The Balaban J connectivity index is 0.000000186. The van der Waals surface area contributed by atoms with Gasteiger partial charge in [-0.1, -0.05) is 5.21 Å². The van der Waals surface area contributed by atoms with Gasteiger partial charge in [-0.15, -0.1) is 15.3 Å². The van der Waals surface area contributed by atoms with Crippen LogP contribution in [0, 0.1) is 20.8 Å². The molecular formula is C11H12F3N7O3. The van der Waals surface area contributed by atoms with Gasteiger partial charge in [0.05, 0.1) is 0 Å². The first-order chi connectivity index (χ1) is 11.0. The zero-order chi connectivity index (χ0) is 18.5. The Morgan fingerprint density at radius 2 is 1.67 bits per heavy atom. The summed E-state index contributed by atoms with van der Waals surface area (Å²) in [5.41, 5.74) is -1.15. The molecule has 130 valence electrons. The number of nitrogens with zero attached hydrogens (tertiary/aromatic N) is 5. The molecule has 0 spiro atoms. The number of rotatable bonds is 0. The molecule has 0 radical (unpaired) electrons. The molecule has 1 aromatic carbocycles. The van der Waals surface area contributed by atoms with Crippen LogP contribution in [0.3, 0.4) is 0 Å². The van der Waals surface area contributed by atoms with Crippen LogP contribution in [0.5, 0.6) is 5.75 Å². The number of nitrogens with one attached hydrogen (secondary N) is 2. The molecule has 0 fully saturated rings. The summed E-state index contributed by atoms with van der Waals surface area (Å²) in [4.78, 5) is 23.4. The molecule has 2 heterocycles. The van der Waals surface area contributed by atoms with Gasteiger partial charge in [0.1, 0.15) is 5.82 Å². The molecule has 3 rings (SSSR count). The van der Waals surface area contributed by atoms with Gasteiger partial charge >= 0.3 is 6.18 Å². The fraction of sp³-hybridized carbons (Fsp3) is 0.364. The third kappa shape index (κ3) is 4.96. The van der Waals surface area contributed by atoms with E-state index in [0.717, 1.165) is 0 Å². The third-order valence-electron chi connectivity index (χ3n) is 2.42. The molecular weight excluding hydrogens is 335 g/mol. The van der Waals surface area contributed by atoms with Gasteiger partial charge in [-0.05, 0) is 20.8 Å². The molecule has 3 N–H and O–H groups in total. The van der Waals surface area contributed by atoms with Crippen LogP contribution in [0.4, 0.5) is 13.2 Å². The number of aromatic hydroxyl groups is 1. The summed E-state index contributed by atoms with van der Waals surface area (Å²) in [6.07, 6.45) is -4.44. The number of halogens is 3. The monoisotopic (exact) mass is 347 g/mol. The van der Waals surface area contributed by atoms with Crippen molar-refractivity contribution >= 4 is 0 Å². The van der Waals surface area contributed by atoms with Crippen LogP contribution in [-0.4, -0.2) is 40.9 Å². The number of aromatic amines is 2. The summed E-state index contributed by atoms with van der Waals surface area (Å²) in [7, 11) is 0. The molecule has 13 heteroatoms. The predicted octanol–water partition coefficient (Wildman–Crippen LogP) is -0.0633. The summed E-state index contributed by atoms with van der Waals surface area (Å²) in [6.45, 7) is 4.59. The van der Waals surface area contributed by atoms with Crippen molar-refractivity contribution in [2.24, 2.45) is 0 Å². The van der Waals surface area contributed by atoms with Gasteiger partial charge in [0.15, 0.2) is 11.6 Å². The minimum Gasteiger partial charge on any atom is -0.504 e. The maximum absolute atomic E-state index is 11.7. The number of tetrazole rings is 1. The molecule has 0 aliphatic rings. The number of H-pyrrole nitrogens is 2. The van der Waals surface area contributed by atoms with Crippen LogP contribution in [0.1, 0.15) is 23.0 Å². The van der Waals surface area contributed by atoms with Gasteiger partial charge in [0, 0.05) is 5.56 Å². The fourth-order valence-corrected chi connectivity index (χ4v) is 1.17. The van der Waals surface area contributed by atoms with Crippen LogP contribution in [0.25, 0.3) is 0 Å². The molecule has 10 nitrogen and oxygen atoms in total. The van der Waals surface area contributed by atoms with Gasteiger partial charge in [0.2, 0.25) is 5.43 Å². The van der Waals surface area contributed by atoms with E-state index in [1.807, 2.05) is 0 Å². The predicted molar refractivity (Wildman–Crippen MR) is 72.8 cm³/mol. The van der Waals surface area contributed by atoms with Crippen molar-refractivity contribution in [2.75, 3.05) is 0 Å². The average molecular weight is 347 g/mol. The molecule has 0 aliphatic heterocycles. The van der Waals surface area contributed by atoms with Crippen molar-refractivity contribution < 1.29 is 18.3 Å². The Kier molecular flexibility index (Phi) is 5.86. The van der Waals surface area contributed by atoms with Gasteiger partial charge in [-0.3, -0.25) is 14.7 Å². The lowest BCUT2D eigenvalue weighted by Gasteiger charge is -1.96. The Morgan fingerprint density at radius 1 is 1.04 bits per heavy atom. The van der Waals surface area contributed by atoms with E-state index >= 15 is 0 Å². The standard InChI is InChI=1S/C5H4O3.C4H4F3N3.C2H4N4/c1-2-3(6)5(8)4(2)7;1-2-8-3(10-9-2)4(5,6)7;1-2-3-5-6-4-2/h6H,1H3;1H3,(H,8,9,10);1H3,(H,3,4,5,6). The first kappa shape index (κ1) is 18.9. The smallest absolute Gasteiger partial charge is 0.453 e. The number of aromatic nitrogens is 7. The van der Waals surface area contributed by atoms with Crippen molar-refractivity contribution in [3.8, 4) is 5.75 Å². The lowest BCUT2D eigenvalue weighted by molar-refractivity contribution is -0.144. The highest BCUT2D eigenvalue weighted by molar-refractivity contribution is 5.36. The lowest BCUT2D eigenvalue weighted by atomic mass is 10.1. The van der Waals surface area contributed by atoms with Gasteiger partial charge in [0.25, 0.3) is 11.3 Å². The topological polar surface area (TPSA) is 150 Å². The second-order valence-electron chi connectivity index (χ2n) is 4.33. The Hall–Kier alpha value is -3.12. The van der Waals surface area contributed by atoms with Crippen LogP contribution < -0.4 is 10.9 Å². The van der Waals surface area contributed by atoms with E-state index in [9.17, 15) is 22.8 Å². The SMILES string of the molecule is Cc1c(O)c(=O)c1=O.Cc1nc(C(F)(F)F)n[nH]1.Cc1nn[nH]n1. The summed E-state index contributed by atoms with van der Waals surface area (Å²) < 4.78 is 35.0. The Bertz CT molecular complexity index is 818. The van der Waals surface area contributed by atoms with E-state index in [2.05, 4.69) is 35.8 Å². The third-order valence-corrected chi connectivity index (χ3v) is 2.42. The van der Waals surface area contributed by atoms with Crippen LogP contribution in [-0.2, 0) is 6.18 Å². The highest BCUT2D eigenvalue weighted by Crippen LogP contribution is 2.25. The summed E-state index contributed by atoms with van der Waals surface area (Å²) in [6, 6.07) is 0. The van der Waals surface area contributed by atoms with Crippen LogP contribution >= 0.6 is 0 Å². The molecule has 0 bridgehead atoms. The lowest BCUT2D eigenvalue weighted by Crippen LogP contribution is -2.32. The van der Waals surface area contributed by atoms with E-state index in [-0.39, 0.29) is 17.1 Å². The van der Waals surface area contributed by atoms with Crippen molar-refractivity contribution in [1.82, 2.24) is 35.8 Å². The molecule has 24 heavy (non-hydrogen) atoms. The fourth-order valence-electron chi connectivity index (χ4n) is 1.17. The van der Waals surface area contributed by atoms with Crippen LogP contribution in [0.2, 0.25) is 0 Å². The number of alkyl halides is 3.